The Morgan fingerprint density at radius 2 is 1.83 bits per heavy atom. The molecule has 0 aromatic carbocycles. The highest BCUT2D eigenvalue weighted by Gasteiger charge is 2.62. The van der Waals surface area contributed by atoms with Gasteiger partial charge in [-0.05, 0) is 67.8 Å². The quantitative estimate of drug-likeness (QED) is 0.632. The third-order valence-electron chi connectivity index (χ3n) is 9.19. The smallest absolute Gasteiger partial charge is 0.308 e. The first kappa shape index (κ1) is 20.8. The molecule has 3 saturated carbocycles. The SMILES string of the molecule is CC(=O)[C@H]1CC[C@H]2[C@@H]3C(OC(=O)C(C)C)CC4=CC(=O)CC[C@]4(C)[C@H]3CC[C@]12C. The minimum atomic E-state index is -0.171. The highest BCUT2D eigenvalue weighted by molar-refractivity contribution is 5.91. The Morgan fingerprint density at radius 1 is 1.10 bits per heavy atom. The van der Waals surface area contributed by atoms with E-state index >= 15 is 0 Å². The highest BCUT2D eigenvalue weighted by atomic mass is 16.5. The molecule has 3 fully saturated rings. The molecule has 29 heavy (non-hydrogen) atoms. The van der Waals surface area contributed by atoms with Gasteiger partial charge >= 0.3 is 5.97 Å². The van der Waals surface area contributed by atoms with Crippen LogP contribution in [0.15, 0.2) is 11.6 Å². The fourth-order valence-corrected chi connectivity index (χ4v) is 7.57. The lowest BCUT2D eigenvalue weighted by Gasteiger charge is -2.59. The van der Waals surface area contributed by atoms with Crippen LogP contribution in [0.4, 0.5) is 0 Å². The van der Waals surface area contributed by atoms with Crippen molar-refractivity contribution in [3.05, 3.63) is 11.6 Å². The van der Waals surface area contributed by atoms with Gasteiger partial charge in [-0.2, -0.15) is 0 Å². The van der Waals surface area contributed by atoms with E-state index in [1.807, 2.05) is 19.9 Å². The van der Waals surface area contributed by atoms with E-state index in [0.29, 0.717) is 30.5 Å². The van der Waals surface area contributed by atoms with Crippen LogP contribution in [-0.2, 0) is 19.1 Å². The van der Waals surface area contributed by atoms with Crippen molar-refractivity contribution in [2.24, 2.45) is 40.4 Å². The number of fused-ring (bicyclic) bond motifs is 5. The van der Waals surface area contributed by atoms with E-state index in [9.17, 15) is 14.4 Å². The second kappa shape index (κ2) is 7.06. The maximum absolute atomic E-state index is 12.6. The molecule has 4 rings (SSSR count). The molecule has 0 aliphatic heterocycles. The number of esters is 1. The lowest BCUT2D eigenvalue weighted by Crippen LogP contribution is -2.56. The molecule has 0 bridgehead atoms. The number of carbonyl (C=O) groups is 3. The lowest BCUT2D eigenvalue weighted by atomic mass is 9.46. The van der Waals surface area contributed by atoms with Crippen molar-refractivity contribution < 1.29 is 19.1 Å². The molecule has 0 heterocycles. The summed E-state index contributed by atoms with van der Waals surface area (Å²) in [4.78, 5) is 37.2. The van der Waals surface area contributed by atoms with E-state index in [1.54, 1.807) is 6.92 Å². The zero-order chi connectivity index (χ0) is 21.1. The summed E-state index contributed by atoms with van der Waals surface area (Å²) in [6.07, 6.45) is 8.02. The van der Waals surface area contributed by atoms with Crippen molar-refractivity contribution in [3.8, 4) is 0 Å². The molecule has 160 valence electrons. The summed E-state index contributed by atoms with van der Waals surface area (Å²) in [7, 11) is 0. The minimum Gasteiger partial charge on any atom is -0.462 e. The van der Waals surface area contributed by atoms with E-state index < -0.39 is 0 Å². The van der Waals surface area contributed by atoms with Crippen LogP contribution in [0.25, 0.3) is 0 Å². The molecule has 4 heteroatoms. The van der Waals surface area contributed by atoms with Crippen LogP contribution >= 0.6 is 0 Å². The molecular weight excluding hydrogens is 364 g/mol. The van der Waals surface area contributed by atoms with Crippen molar-refractivity contribution in [2.75, 3.05) is 0 Å². The molecule has 7 atom stereocenters. The summed E-state index contributed by atoms with van der Waals surface area (Å²) in [5.41, 5.74) is 1.23. The Morgan fingerprint density at radius 3 is 2.48 bits per heavy atom. The Labute approximate surface area is 174 Å². The number of ether oxygens (including phenoxy) is 1. The van der Waals surface area contributed by atoms with Gasteiger partial charge in [0.15, 0.2) is 5.78 Å². The van der Waals surface area contributed by atoms with Gasteiger partial charge in [-0.3, -0.25) is 14.4 Å². The van der Waals surface area contributed by atoms with Crippen molar-refractivity contribution in [1.29, 1.82) is 0 Å². The van der Waals surface area contributed by atoms with Gasteiger partial charge in [-0.1, -0.05) is 33.3 Å². The van der Waals surface area contributed by atoms with Crippen LogP contribution in [0.5, 0.6) is 0 Å². The predicted octanol–water partition coefficient (Wildman–Crippen LogP) is 4.90. The molecule has 0 N–H and O–H groups in total. The summed E-state index contributed by atoms with van der Waals surface area (Å²) in [5.74, 6) is 1.47. The van der Waals surface area contributed by atoms with Crippen LogP contribution in [-0.4, -0.2) is 23.6 Å². The Balaban J connectivity index is 1.74. The Kier molecular flexibility index (Phi) is 5.07. The van der Waals surface area contributed by atoms with Crippen molar-refractivity contribution in [2.45, 2.75) is 85.7 Å². The van der Waals surface area contributed by atoms with E-state index in [1.165, 1.54) is 5.57 Å². The first-order valence-corrected chi connectivity index (χ1v) is 11.5. The molecule has 4 nitrogen and oxygen atoms in total. The Bertz CT molecular complexity index is 765. The van der Waals surface area contributed by atoms with Gasteiger partial charge in [-0.15, -0.1) is 0 Å². The van der Waals surface area contributed by atoms with E-state index in [2.05, 4.69) is 13.8 Å². The normalized spacial score (nSPS) is 43.9. The Hall–Kier alpha value is -1.45. The number of Topliss-reactive ketones (excluding diaryl/α,β-unsaturated/α-hetero) is 1. The second-order valence-corrected chi connectivity index (χ2v) is 11.0. The molecule has 0 aromatic heterocycles. The minimum absolute atomic E-state index is 0.0115. The first-order chi connectivity index (χ1) is 13.6. The van der Waals surface area contributed by atoms with Crippen LogP contribution < -0.4 is 0 Å². The summed E-state index contributed by atoms with van der Waals surface area (Å²) in [6.45, 7) is 10.2. The fraction of sp³-hybridized carbons (Fsp3) is 0.800. The van der Waals surface area contributed by atoms with Gasteiger partial charge in [-0.25, -0.2) is 0 Å². The summed E-state index contributed by atoms with van der Waals surface area (Å²) in [5, 5.41) is 0. The van der Waals surface area contributed by atoms with Crippen molar-refractivity contribution in [1.82, 2.24) is 0 Å². The van der Waals surface area contributed by atoms with Gasteiger partial charge in [0.05, 0.1) is 5.92 Å². The van der Waals surface area contributed by atoms with Crippen molar-refractivity contribution >= 4 is 17.5 Å². The molecule has 0 radical (unpaired) electrons. The number of ketones is 2. The van der Waals surface area contributed by atoms with E-state index in [0.717, 1.165) is 32.1 Å². The van der Waals surface area contributed by atoms with Crippen LogP contribution in [0.1, 0.15) is 79.6 Å². The fourth-order valence-electron chi connectivity index (χ4n) is 7.57. The van der Waals surface area contributed by atoms with Gasteiger partial charge < -0.3 is 4.74 Å². The highest BCUT2D eigenvalue weighted by Crippen LogP contribution is 2.67. The van der Waals surface area contributed by atoms with Crippen molar-refractivity contribution in [3.63, 3.8) is 0 Å². The van der Waals surface area contributed by atoms with Gasteiger partial charge in [0.1, 0.15) is 11.9 Å². The van der Waals surface area contributed by atoms with Gasteiger partial charge in [0.25, 0.3) is 0 Å². The zero-order valence-corrected chi connectivity index (χ0v) is 18.6. The van der Waals surface area contributed by atoms with Gasteiger partial charge in [0.2, 0.25) is 0 Å². The number of hydrogen-bond acceptors (Lipinski definition) is 4. The summed E-state index contributed by atoms with van der Waals surface area (Å²) in [6, 6.07) is 0. The monoisotopic (exact) mass is 400 g/mol. The number of carbonyl (C=O) groups excluding carboxylic acids is 3. The average molecular weight is 401 g/mol. The largest absolute Gasteiger partial charge is 0.462 e. The molecule has 0 saturated heterocycles. The maximum atomic E-state index is 12.6. The topological polar surface area (TPSA) is 60.4 Å². The molecule has 1 unspecified atom stereocenters. The second-order valence-electron chi connectivity index (χ2n) is 11.0. The lowest BCUT2D eigenvalue weighted by molar-refractivity contribution is -0.172. The van der Waals surface area contributed by atoms with E-state index in [-0.39, 0.29) is 46.4 Å². The number of rotatable bonds is 3. The van der Waals surface area contributed by atoms with Crippen LogP contribution in [0.2, 0.25) is 0 Å². The standard InChI is InChI=1S/C25H36O4/c1-14(2)23(28)29-21-13-16-12-17(27)8-10-24(16,4)20-9-11-25(5)18(15(3)26)6-7-19(25)22(20)21/h12,14,18-22H,6-11,13H2,1-5H3/t18-,19+,20+,21?,22+,24+,25-/m1/s1. The number of hydrogen-bond donors (Lipinski definition) is 0. The molecular formula is C25H36O4. The first-order valence-electron chi connectivity index (χ1n) is 11.5. The zero-order valence-electron chi connectivity index (χ0n) is 18.6. The molecule has 0 spiro atoms. The third kappa shape index (κ3) is 3.13. The van der Waals surface area contributed by atoms with E-state index in [4.69, 9.17) is 4.74 Å². The molecule has 4 aliphatic carbocycles. The molecule has 0 amide bonds. The average Bonchev–Trinajstić information content (AvgIpc) is 3.00. The summed E-state index contributed by atoms with van der Waals surface area (Å²) < 4.78 is 6.12. The summed E-state index contributed by atoms with van der Waals surface area (Å²) >= 11 is 0. The third-order valence-corrected chi connectivity index (χ3v) is 9.19. The predicted molar refractivity (Wildman–Crippen MR) is 111 cm³/mol. The maximum Gasteiger partial charge on any atom is 0.308 e. The van der Waals surface area contributed by atoms with Gasteiger partial charge in [0, 0.05) is 24.7 Å². The van der Waals surface area contributed by atoms with Crippen LogP contribution in [0, 0.1) is 40.4 Å². The molecule has 0 aromatic rings. The molecule has 4 aliphatic rings. The van der Waals surface area contributed by atoms with Crippen LogP contribution in [0.3, 0.4) is 0 Å².